The molecule has 0 aromatic rings. The van der Waals surface area contributed by atoms with E-state index in [1.165, 1.54) is 6.92 Å². The van der Waals surface area contributed by atoms with Crippen LogP contribution in [0.15, 0.2) is 16.9 Å². The summed E-state index contributed by atoms with van der Waals surface area (Å²) in [6.07, 6.45) is -3.19. The van der Waals surface area contributed by atoms with Crippen molar-refractivity contribution in [3.63, 3.8) is 0 Å². The van der Waals surface area contributed by atoms with Crippen molar-refractivity contribution >= 4 is 29.8 Å². The Bertz CT molecular complexity index is 836. The molecular formula is C18H24N4O10. The van der Waals surface area contributed by atoms with E-state index in [1.807, 2.05) is 0 Å². The van der Waals surface area contributed by atoms with Gasteiger partial charge in [-0.05, 0) is 11.6 Å². The molecule has 0 bridgehead atoms. The third kappa shape index (κ3) is 7.80. The number of rotatable bonds is 9. The van der Waals surface area contributed by atoms with E-state index in [0.717, 1.165) is 34.0 Å². The molecule has 0 aromatic carbocycles. The van der Waals surface area contributed by atoms with E-state index in [1.54, 1.807) is 0 Å². The van der Waals surface area contributed by atoms with Crippen molar-refractivity contribution in [1.29, 1.82) is 0 Å². The zero-order valence-corrected chi connectivity index (χ0v) is 18.1. The third-order valence-corrected chi connectivity index (χ3v) is 4.01. The van der Waals surface area contributed by atoms with Crippen LogP contribution in [0.1, 0.15) is 27.7 Å². The van der Waals surface area contributed by atoms with Gasteiger partial charge in [0.25, 0.3) is 0 Å². The van der Waals surface area contributed by atoms with Gasteiger partial charge >= 0.3 is 23.9 Å². The molecular weight excluding hydrogens is 432 g/mol. The van der Waals surface area contributed by atoms with Crippen molar-refractivity contribution < 1.29 is 47.7 Å². The van der Waals surface area contributed by atoms with Gasteiger partial charge in [0.15, 0.2) is 18.3 Å². The second-order valence-corrected chi connectivity index (χ2v) is 6.55. The van der Waals surface area contributed by atoms with Gasteiger partial charge in [0.1, 0.15) is 6.61 Å². The summed E-state index contributed by atoms with van der Waals surface area (Å²) in [6, 6.07) is -2.35. The summed E-state index contributed by atoms with van der Waals surface area (Å²) in [6.45, 7) is 3.87. The van der Waals surface area contributed by atoms with E-state index >= 15 is 0 Å². The molecule has 32 heavy (non-hydrogen) atoms. The van der Waals surface area contributed by atoms with Gasteiger partial charge in [-0.2, -0.15) is 0 Å². The Balaban J connectivity index is 3.57. The highest BCUT2D eigenvalue weighted by Crippen LogP contribution is 2.28. The average Bonchev–Trinajstić information content (AvgIpc) is 2.69. The fourth-order valence-corrected chi connectivity index (χ4v) is 2.92. The van der Waals surface area contributed by atoms with Crippen molar-refractivity contribution in [2.24, 2.45) is 5.11 Å². The first-order valence-electron chi connectivity index (χ1n) is 9.26. The molecule has 0 saturated carbocycles. The normalized spacial score (nSPS) is 21.3. The number of carbonyl (C=O) groups excluding carboxylic acids is 5. The van der Waals surface area contributed by atoms with Crippen molar-refractivity contribution in [1.82, 2.24) is 5.32 Å². The minimum atomic E-state index is -1.50. The van der Waals surface area contributed by atoms with E-state index in [2.05, 4.69) is 20.1 Å². The number of amides is 1. The van der Waals surface area contributed by atoms with Crippen LogP contribution < -0.4 is 5.32 Å². The predicted octanol–water partition coefficient (Wildman–Crippen LogP) is 0.0522. The van der Waals surface area contributed by atoms with Gasteiger partial charge in [0.05, 0.1) is 19.2 Å². The molecule has 0 aromatic heterocycles. The second kappa shape index (κ2) is 12.2. The molecule has 0 radical (unpaired) electrons. The second-order valence-electron chi connectivity index (χ2n) is 6.55. The van der Waals surface area contributed by atoms with Crippen LogP contribution in [0.5, 0.6) is 0 Å². The fourth-order valence-electron chi connectivity index (χ4n) is 2.92. The Morgan fingerprint density at radius 3 is 2.22 bits per heavy atom. The maximum absolute atomic E-state index is 12.1. The van der Waals surface area contributed by atoms with Crippen LogP contribution in [0.2, 0.25) is 0 Å². The van der Waals surface area contributed by atoms with Gasteiger partial charge in [-0.15, -0.1) is 0 Å². The summed E-state index contributed by atoms with van der Waals surface area (Å²) < 4.78 is 25.6. The average molecular weight is 456 g/mol. The standard InChI is InChI=1S/C18H24N4O10/c1-8(23)20-15-12(21-22-19)6-13(18(27)28-5)32-17(15)16(31-11(4)26)14(30-10(3)25)7-29-9(2)24/h6,12,14-17H,7H2,1-5H3,(H,20,23)/t12?,14-,15-,16-,17?/m1/s1. The summed E-state index contributed by atoms with van der Waals surface area (Å²) in [7, 11) is 1.08. The lowest BCUT2D eigenvalue weighted by molar-refractivity contribution is -0.187. The number of hydrogen-bond acceptors (Lipinski definition) is 11. The number of hydrogen-bond donors (Lipinski definition) is 1. The van der Waals surface area contributed by atoms with Crippen molar-refractivity contribution in [2.45, 2.75) is 58.1 Å². The summed E-state index contributed by atoms with van der Waals surface area (Å²) in [5.41, 5.74) is 8.94. The predicted molar refractivity (Wildman–Crippen MR) is 103 cm³/mol. The maximum atomic E-state index is 12.1. The Kier molecular flexibility index (Phi) is 9.96. The van der Waals surface area contributed by atoms with Crippen LogP contribution in [0.3, 0.4) is 0 Å². The lowest BCUT2D eigenvalue weighted by Gasteiger charge is -2.40. The summed E-state index contributed by atoms with van der Waals surface area (Å²) >= 11 is 0. The van der Waals surface area contributed by atoms with E-state index in [0.29, 0.717) is 0 Å². The highest BCUT2D eigenvalue weighted by Gasteiger charge is 2.47. The number of esters is 4. The van der Waals surface area contributed by atoms with Crippen LogP contribution in [-0.4, -0.2) is 73.9 Å². The monoisotopic (exact) mass is 456 g/mol. The fraction of sp³-hybridized carbons (Fsp3) is 0.611. The molecule has 2 unspecified atom stereocenters. The van der Waals surface area contributed by atoms with Crippen LogP contribution in [0.4, 0.5) is 0 Å². The molecule has 14 nitrogen and oxygen atoms in total. The highest BCUT2D eigenvalue weighted by molar-refractivity contribution is 5.86. The number of nitrogens with one attached hydrogen (secondary N) is 1. The zero-order valence-electron chi connectivity index (χ0n) is 18.1. The quantitative estimate of drug-likeness (QED) is 0.163. The van der Waals surface area contributed by atoms with Crippen molar-refractivity contribution in [2.75, 3.05) is 13.7 Å². The highest BCUT2D eigenvalue weighted by atomic mass is 16.6. The summed E-state index contributed by atoms with van der Waals surface area (Å²) in [4.78, 5) is 61.4. The molecule has 0 spiro atoms. The number of methoxy groups -OCH3 is 1. The lowest BCUT2D eigenvalue weighted by atomic mass is 9.92. The molecule has 1 N–H and O–H groups in total. The first kappa shape index (κ1) is 26.2. The topological polar surface area (TPSA) is 192 Å². The minimum absolute atomic E-state index is 0.400. The number of carbonyl (C=O) groups is 5. The Labute approximate surface area is 182 Å². The van der Waals surface area contributed by atoms with E-state index in [-0.39, 0.29) is 0 Å². The SMILES string of the molecule is COC(=O)C1=CC(N=[N+]=[N-])[C@@H](NC(C)=O)C([C@H](OC(C)=O)[C@@H](COC(C)=O)OC(C)=O)O1. The van der Waals surface area contributed by atoms with Crippen LogP contribution >= 0.6 is 0 Å². The van der Waals surface area contributed by atoms with E-state index in [4.69, 9.17) is 24.5 Å². The van der Waals surface area contributed by atoms with Crippen LogP contribution in [0, 0.1) is 0 Å². The van der Waals surface area contributed by atoms with Gasteiger partial charge in [0.2, 0.25) is 11.7 Å². The van der Waals surface area contributed by atoms with Crippen LogP contribution in [0.25, 0.3) is 10.4 Å². The molecule has 1 rings (SSSR count). The number of nitrogens with zero attached hydrogens (tertiary/aromatic N) is 3. The molecule has 5 atom stereocenters. The molecule has 1 aliphatic rings. The van der Waals surface area contributed by atoms with Gasteiger partial charge in [0, 0.05) is 32.6 Å². The lowest BCUT2D eigenvalue weighted by Crippen LogP contribution is -2.61. The first-order chi connectivity index (χ1) is 15.0. The zero-order chi connectivity index (χ0) is 24.4. The Morgan fingerprint density at radius 2 is 1.75 bits per heavy atom. The van der Waals surface area contributed by atoms with Gasteiger partial charge in [-0.25, -0.2) is 4.79 Å². The van der Waals surface area contributed by atoms with E-state index < -0.39 is 72.5 Å². The molecule has 1 amide bonds. The third-order valence-electron chi connectivity index (χ3n) is 4.01. The molecule has 0 saturated heterocycles. The molecule has 14 heteroatoms. The molecule has 1 heterocycles. The van der Waals surface area contributed by atoms with Crippen LogP contribution in [-0.2, 0) is 47.7 Å². The first-order valence-corrected chi connectivity index (χ1v) is 9.26. The minimum Gasteiger partial charge on any atom is -0.477 e. The number of azide groups is 1. The smallest absolute Gasteiger partial charge is 0.372 e. The molecule has 0 aliphatic carbocycles. The Morgan fingerprint density at radius 1 is 1.12 bits per heavy atom. The van der Waals surface area contributed by atoms with E-state index in [9.17, 15) is 24.0 Å². The maximum Gasteiger partial charge on any atom is 0.372 e. The number of ether oxygens (including phenoxy) is 5. The Hall–Kier alpha value is -3.80. The van der Waals surface area contributed by atoms with Gasteiger partial charge in [-0.3, -0.25) is 19.2 Å². The summed E-state index contributed by atoms with van der Waals surface area (Å²) in [5, 5.41) is 6.07. The molecule has 1 aliphatic heterocycles. The molecule has 176 valence electrons. The van der Waals surface area contributed by atoms with Crippen molar-refractivity contribution in [3.8, 4) is 0 Å². The van der Waals surface area contributed by atoms with Crippen molar-refractivity contribution in [3.05, 3.63) is 22.3 Å². The van der Waals surface area contributed by atoms with Gasteiger partial charge < -0.3 is 29.0 Å². The van der Waals surface area contributed by atoms with Gasteiger partial charge in [-0.1, -0.05) is 5.11 Å². The largest absolute Gasteiger partial charge is 0.477 e. The molecule has 0 fully saturated rings. The summed E-state index contributed by atoms with van der Waals surface area (Å²) in [5.74, 6) is -4.27.